The molecule has 0 unspecified atom stereocenters. The second kappa shape index (κ2) is 4.87. The SMILES string of the molecule is COC(=O)CC=Cc1ccc2c(ccn2C)c1. The van der Waals surface area contributed by atoms with Crippen molar-refractivity contribution in [3.63, 3.8) is 0 Å². The lowest BCUT2D eigenvalue weighted by atomic mass is 10.1. The number of hydrogen-bond donors (Lipinski definition) is 0. The van der Waals surface area contributed by atoms with Crippen molar-refractivity contribution in [2.24, 2.45) is 7.05 Å². The molecule has 0 saturated heterocycles. The Labute approximate surface area is 100 Å². The van der Waals surface area contributed by atoms with Crippen LogP contribution in [-0.2, 0) is 16.6 Å². The van der Waals surface area contributed by atoms with Crippen LogP contribution in [0, 0.1) is 0 Å². The summed E-state index contributed by atoms with van der Waals surface area (Å²) in [5, 5.41) is 1.20. The van der Waals surface area contributed by atoms with E-state index in [9.17, 15) is 4.79 Å². The van der Waals surface area contributed by atoms with Crippen molar-refractivity contribution in [1.82, 2.24) is 4.57 Å². The van der Waals surface area contributed by atoms with E-state index in [2.05, 4.69) is 27.5 Å². The highest BCUT2D eigenvalue weighted by Gasteiger charge is 1.98. The van der Waals surface area contributed by atoms with E-state index in [1.807, 2.05) is 31.5 Å². The normalized spacial score (nSPS) is 11.2. The Morgan fingerprint density at radius 1 is 1.41 bits per heavy atom. The number of ether oxygens (including phenoxy) is 1. The minimum atomic E-state index is -0.220. The molecule has 0 aliphatic heterocycles. The average molecular weight is 229 g/mol. The minimum absolute atomic E-state index is 0.220. The van der Waals surface area contributed by atoms with Crippen LogP contribution < -0.4 is 0 Å². The molecule has 0 spiro atoms. The van der Waals surface area contributed by atoms with Gasteiger partial charge in [-0.15, -0.1) is 0 Å². The standard InChI is InChI=1S/C14H15NO2/c1-15-9-8-12-10-11(6-7-13(12)15)4-3-5-14(16)17-2/h3-4,6-10H,5H2,1-2H3. The topological polar surface area (TPSA) is 31.2 Å². The first-order valence-corrected chi connectivity index (χ1v) is 5.49. The molecule has 3 nitrogen and oxygen atoms in total. The van der Waals surface area contributed by atoms with Crippen molar-refractivity contribution in [3.05, 3.63) is 42.1 Å². The van der Waals surface area contributed by atoms with Crippen molar-refractivity contribution in [1.29, 1.82) is 0 Å². The number of methoxy groups -OCH3 is 1. The molecule has 2 aromatic rings. The number of aryl methyl sites for hydroxylation is 1. The van der Waals surface area contributed by atoms with Crippen LogP contribution in [0.25, 0.3) is 17.0 Å². The first kappa shape index (κ1) is 11.5. The second-order valence-electron chi connectivity index (χ2n) is 3.93. The summed E-state index contributed by atoms with van der Waals surface area (Å²) < 4.78 is 6.65. The fourth-order valence-corrected chi connectivity index (χ4v) is 1.78. The number of aromatic nitrogens is 1. The van der Waals surface area contributed by atoms with E-state index in [-0.39, 0.29) is 5.97 Å². The van der Waals surface area contributed by atoms with Crippen LogP contribution in [0.4, 0.5) is 0 Å². The number of carbonyl (C=O) groups excluding carboxylic acids is 1. The Hall–Kier alpha value is -2.03. The molecule has 0 N–H and O–H groups in total. The molecule has 17 heavy (non-hydrogen) atoms. The van der Waals surface area contributed by atoms with E-state index >= 15 is 0 Å². The third-order valence-corrected chi connectivity index (χ3v) is 2.73. The van der Waals surface area contributed by atoms with Gasteiger partial charge in [0, 0.05) is 24.1 Å². The summed E-state index contributed by atoms with van der Waals surface area (Å²) in [5.74, 6) is -0.220. The van der Waals surface area contributed by atoms with Gasteiger partial charge in [0.2, 0.25) is 0 Å². The molecule has 0 bridgehead atoms. The summed E-state index contributed by atoms with van der Waals surface area (Å²) in [7, 11) is 3.42. The fourth-order valence-electron chi connectivity index (χ4n) is 1.78. The van der Waals surface area contributed by atoms with Crippen molar-refractivity contribution < 1.29 is 9.53 Å². The first-order chi connectivity index (χ1) is 8.20. The molecule has 1 aromatic carbocycles. The maximum absolute atomic E-state index is 10.9. The largest absolute Gasteiger partial charge is 0.469 e. The molecule has 0 fully saturated rings. The third-order valence-electron chi connectivity index (χ3n) is 2.73. The van der Waals surface area contributed by atoms with Crippen LogP contribution in [0.2, 0.25) is 0 Å². The number of rotatable bonds is 3. The molecule has 2 rings (SSSR count). The highest BCUT2D eigenvalue weighted by Crippen LogP contribution is 2.17. The summed E-state index contributed by atoms with van der Waals surface area (Å²) in [5.41, 5.74) is 2.29. The monoisotopic (exact) mass is 229 g/mol. The smallest absolute Gasteiger partial charge is 0.309 e. The number of nitrogens with zero attached hydrogens (tertiary/aromatic N) is 1. The second-order valence-corrected chi connectivity index (χ2v) is 3.93. The molecule has 0 radical (unpaired) electrons. The quantitative estimate of drug-likeness (QED) is 0.758. The Morgan fingerprint density at radius 2 is 2.24 bits per heavy atom. The van der Waals surface area contributed by atoms with Gasteiger partial charge in [-0.3, -0.25) is 4.79 Å². The Bertz CT molecular complexity index is 567. The molecular formula is C14H15NO2. The van der Waals surface area contributed by atoms with Gasteiger partial charge in [0.05, 0.1) is 13.5 Å². The molecule has 1 aromatic heterocycles. The van der Waals surface area contributed by atoms with Crippen LogP contribution in [0.15, 0.2) is 36.5 Å². The summed E-state index contributed by atoms with van der Waals surface area (Å²) in [6, 6.07) is 8.29. The van der Waals surface area contributed by atoms with E-state index in [4.69, 9.17) is 0 Å². The van der Waals surface area contributed by atoms with E-state index in [0.29, 0.717) is 6.42 Å². The zero-order chi connectivity index (χ0) is 12.3. The molecule has 0 amide bonds. The number of esters is 1. The Balaban J connectivity index is 2.17. The van der Waals surface area contributed by atoms with Gasteiger partial charge in [-0.25, -0.2) is 0 Å². The number of fused-ring (bicyclic) bond motifs is 1. The molecular weight excluding hydrogens is 214 g/mol. The van der Waals surface area contributed by atoms with Gasteiger partial charge in [0.15, 0.2) is 0 Å². The Morgan fingerprint density at radius 3 is 3.00 bits per heavy atom. The van der Waals surface area contributed by atoms with E-state index in [1.165, 1.54) is 18.0 Å². The summed E-state index contributed by atoms with van der Waals surface area (Å²) in [6.07, 6.45) is 6.09. The number of benzene rings is 1. The van der Waals surface area contributed by atoms with Gasteiger partial charge >= 0.3 is 5.97 Å². The van der Waals surface area contributed by atoms with Crippen LogP contribution in [0.1, 0.15) is 12.0 Å². The fraction of sp³-hybridized carbons (Fsp3) is 0.214. The zero-order valence-corrected chi connectivity index (χ0v) is 10.0. The van der Waals surface area contributed by atoms with Crippen LogP contribution in [0.5, 0.6) is 0 Å². The predicted molar refractivity (Wildman–Crippen MR) is 68.6 cm³/mol. The number of carbonyl (C=O) groups is 1. The average Bonchev–Trinajstić information content (AvgIpc) is 2.70. The van der Waals surface area contributed by atoms with E-state index in [0.717, 1.165) is 5.56 Å². The maximum Gasteiger partial charge on any atom is 0.309 e. The predicted octanol–water partition coefficient (Wildman–Crippen LogP) is 2.75. The Kier molecular flexibility index (Phi) is 3.28. The van der Waals surface area contributed by atoms with Crippen molar-refractivity contribution >= 4 is 22.9 Å². The molecule has 88 valence electrons. The van der Waals surface area contributed by atoms with Gasteiger partial charge in [0.1, 0.15) is 0 Å². The molecule has 1 heterocycles. The van der Waals surface area contributed by atoms with E-state index in [1.54, 1.807) is 0 Å². The summed E-state index contributed by atoms with van der Waals surface area (Å²) in [4.78, 5) is 10.9. The molecule has 0 aliphatic carbocycles. The highest BCUT2D eigenvalue weighted by molar-refractivity contribution is 5.83. The molecule has 0 saturated carbocycles. The van der Waals surface area contributed by atoms with Gasteiger partial charge in [-0.05, 0) is 23.8 Å². The molecule has 3 heteroatoms. The van der Waals surface area contributed by atoms with Crippen LogP contribution in [0.3, 0.4) is 0 Å². The summed E-state index contributed by atoms with van der Waals surface area (Å²) in [6.45, 7) is 0. The lowest BCUT2D eigenvalue weighted by molar-refractivity contribution is -0.139. The first-order valence-electron chi connectivity index (χ1n) is 5.49. The van der Waals surface area contributed by atoms with E-state index < -0.39 is 0 Å². The third kappa shape index (κ3) is 2.56. The molecule has 0 aliphatic rings. The van der Waals surface area contributed by atoms with Crippen molar-refractivity contribution in [2.45, 2.75) is 6.42 Å². The number of hydrogen-bond acceptors (Lipinski definition) is 2. The van der Waals surface area contributed by atoms with Crippen LogP contribution in [-0.4, -0.2) is 17.6 Å². The highest BCUT2D eigenvalue weighted by atomic mass is 16.5. The lowest BCUT2D eigenvalue weighted by Gasteiger charge is -1.98. The maximum atomic E-state index is 10.9. The van der Waals surface area contributed by atoms with Gasteiger partial charge < -0.3 is 9.30 Å². The van der Waals surface area contributed by atoms with Gasteiger partial charge in [-0.1, -0.05) is 18.2 Å². The van der Waals surface area contributed by atoms with Gasteiger partial charge in [0.25, 0.3) is 0 Å². The minimum Gasteiger partial charge on any atom is -0.469 e. The lowest BCUT2D eigenvalue weighted by Crippen LogP contribution is -1.96. The zero-order valence-electron chi connectivity index (χ0n) is 10.0. The van der Waals surface area contributed by atoms with Gasteiger partial charge in [-0.2, -0.15) is 0 Å². The van der Waals surface area contributed by atoms with Crippen LogP contribution >= 0.6 is 0 Å². The van der Waals surface area contributed by atoms with Crippen molar-refractivity contribution in [3.8, 4) is 0 Å². The molecule has 0 atom stereocenters. The summed E-state index contributed by atoms with van der Waals surface area (Å²) >= 11 is 0. The van der Waals surface area contributed by atoms with Crippen molar-refractivity contribution in [2.75, 3.05) is 7.11 Å².